The third-order valence-corrected chi connectivity index (χ3v) is 4.48. The minimum absolute atomic E-state index is 0.00817. The fourth-order valence-corrected chi connectivity index (χ4v) is 2.91. The molecular formula is C22H37N3O. The molecule has 0 saturated heterocycles. The monoisotopic (exact) mass is 359 g/mol. The summed E-state index contributed by atoms with van der Waals surface area (Å²) in [6.07, 6.45) is 25.0. The predicted octanol–water partition coefficient (Wildman–Crippen LogP) is 6.45. The van der Waals surface area contributed by atoms with Crippen LogP contribution in [0, 0.1) is 0 Å². The van der Waals surface area contributed by atoms with Gasteiger partial charge >= 0.3 is 0 Å². The average Bonchev–Trinajstić information content (AvgIpc) is 2.65. The highest BCUT2D eigenvalue weighted by molar-refractivity contribution is 5.88. The van der Waals surface area contributed by atoms with Gasteiger partial charge in [0.1, 0.15) is 0 Å². The lowest BCUT2D eigenvalue weighted by Crippen LogP contribution is -2.13. The first-order chi connectivity index (χ1) is 12.8. The summed E-state index contributed by atoms with van der Waals surface area (Å²) in [5.41, 5.74) is 0. The van der Waals surface area contributed by atoms with Crippen molar-refractivity contribution in [1.29, 1.82) is 0 Å². The third kappa shape index (κ3) is 13.6. The summed E-state index contributed by atoms with van der Waals surface area (Å²) in [5.74, 6) is 0.402. The van der Waals surface area contributed by atoms with E-state index < -0.39 is 0 Å². The van der Waals surface area contributed by atoms with E-state index >= 15 is 0 Å². The first kappa shape index (κ1) is 22.3. The van der Waals surface area contributed by atoms with E-state index in [9.17, 15) is 4.79 Å². The summed E-state index contributed by atoms with van der Waals surface area (Å²) < 4.78 is 0. The van der Waals surface area contributed by atoms with Gasteiger partial charge in [0, 0.05) is 18.8 Å². The maximum atomic E-state index is 11.7. The third-order valence-electron chi connectivity index (χ3n) is 4.48. The standard InChI is InChI=1S/C22H37N3O/c1-2-3-4-5-6-7-8-9-10-11-12-13-14-15-16-18-21(26)25-22-23-19-17-20-24-22/h9-10,17,19-20H,2-8,11-16,18H2,1H3,(H,23,24,25,26). The number of anilines is 1. The Morgan fingerprint density at radius 2 is 1.38 bits per heavy atom. The van der Waals surface area contributed by atoms with E-state index in [0.29, 0.717) is 12.4 Å². The second-order valence-electron chi connectivity index (χ2n) is 6.95. The van der Waals surface area contributed by atoms with Crippen LogP contribution in [-0.4, -0.2) is 15.9 Å². The lowest BCUT2D eigenvalue weighted by molar-refractivity contribution is -0.116. The number of allylic oxidation sites excluding steroid dienone is 2. The molecule has 4 nitrogen and oxygen atoms in total. The highest BCUT2D eigenvalue weighted by Crippen LogP contribution is 2.10. The van der Waals surface area contributed by atoms with Crippen LogP contribution in [0.3, 0.4) is 0 Å². The van der Waals surface area contributed by atoms with Crippen LogP contribution < -0.4 is 5.32 Å². The van der Waals surface area contributed by atoms with Crippen molar-refractivity contribution in [3.05, 3.63) is 30.6 Å². The van der Waals surface area contributed by atoms with Crippen molar-refractivity contribution in [3.63, 3.8) is 0 Å². The Labute approximate surface area is 159 Å². The highest BCUT2D eigenvalue weighted by Gasteiger charge is 2.03. The summed E-state index contributed by atoms with van der Waals surface area (Å²) in [4.78, 5) is 19.7. The molecule has 0 aliphatic rings. The average molecular weight is 360 g/mol. The van der Waals surface area contributed by atoms with Crippen molar-refractivity contribution in [3.8, 4) is 0 Å². The zero-order chi connectivity index (χ0) is 18.7. The molecule has 0 radical (unpaired) electrons. The topological polar surface area (TPSA) is 54.9 Å². The molecular weight excluding hydrogens is 322 g/mol. The molecule has 0 saturated carbocycles. The minimum atomic E-state index is 0.00817. The SMILES string of the molecule is CCCCCCCCC=CCCCCCCCC(=O)Nc1ncccn1. The molecule has 1 N–H and O–H groups in total. The molecule has 0 spiro atoms. The molecule has 0 aromatic carbocycles. The smallest absolute Gasteiger partial charge is 0.229 e. The number of carbonyl (C=O) groups excluding carboxylic acids is 1. The van der Waals surface area contributed by atoms with Gasteiger partial charge in [-0.3, -0.25) is 10.1 Å². The number of hydrogen-bond acceptors (Lipinski definition) is 3. The molecule has 1 rings (SSSR count). The van der Waals surface area contributed by atoms with Crippen molar-refractivity contribution >= 4 is 11.9 Å². The molecule has 1 aromatic rings. The van der Waals surface area contributed by atoms with Gasteiger partial charge in [0.15, 0.2) is 0 Å². The van der Waals surface area contributed by atoms with Gasteiger partial charge in [0.05, 0.1) is 0 Å². The largest absolute Gasteiger partial charge is 0.295 e. The molecule has 1 heterocycles. The quantitative estimate of drug-likeness (QED) is 0.272. The molecule has 146 valence electrons. The summed E-state index contributed by atoms with van der Waals surface area (Å²) in [5, 5.41) is 2.72. The molecule has 0 bridgehead atoms. The van der Waals surface area contributed by atoms with E-state index in [1.807, 2.05) is 0 Å². The van der Waals surface area contributed by atoms with Crippen molar-refractivity contribution in [2.75, 3.05) is 5.32 Å². The summed E-state index contributed by atoms with van der Waals surface area (Å²) in [7, 11) is 0. The van der Waals surface area contributed by atoms with E-state index in [2.05, 4.69) is 34.4 Å². The second kappa shape index (κ2) is 16.7. The van der Waals surface area contributed by atoms with Crippen LogP contribution >= 0.6 is 0 Å². The van der Waals surface area contributed by atoms with Crippen molar-refractivity contribution < 1.29 is 4.79 Å². The molecule has 1 amide bonds. The van der Waals surface area contributed by atoms with Crippen molar-refractivity contribution in [2.24, 2.45) is 0 Å². The lowest BCUT2D eigenvalue weighted by atomic mass is 10.1. The molecule has 26 heavy (non-hydrogen) atoms. The maximum Gasteiger partial charge on any atom is 0.229 e. The number of rotatable bonds is 16. The molecule has 0 unspecified atom stereocenters. The molecule has 0 aliphatic heterocycles. The van der Waals surface area contributed by atoms with Crippen LogP contribution in [0.15, 0.2) is 30.6 Å². The first-order valence-corrected chi connectivity index (χ1v) is 10.5. The Kier molecular flexibility index (Phi) is 14.4. The molecule has 4 heteroatoms. The number of aromatic nitrogens is 2. The molecule has 0 fully saturated rings. The van der Waals surface area contributed by atoms with Crippen LogP contribution in [0.4, 0.5) is 5.95 Å². The van der Waals surface area contributed by atoms with Gasteiger partial charge in [0.25, 0.3) is 0 Å². The van der Waals surface area contributed by atoms with E-state index in [-0.39, 0.29) is 5.91 Å². The molecule has 0 atom stereocenters. The van der Waals surface area contributed by atoms with Gasteiger partial charge in [-0.25, -0.2) is 9.97 Å². The van der Waals surface area contributed by atoms with Gasteiger partial charge in [0.2, 0.25) is 11.9 Å². The number of amides is 1. The van der Waals surface area contributed by atoms with Gasteiger partial charge in [-0.05, 0) is 38.2 Å². The number of carbonyl (C=O) groups is 1. The predicted molar refractivity (Wildman–Crippen MR) is 110 cm³/mol. The van der Waals surface area contributed by atoms with Crippen LogP contribution in [-0.2, 0) is 4.79 Å². The number of hydrogen-bond donors (Lipinski definition) is 1. The highest BCUT2D eigenvalue weighted by atomic mass is 16.1. The molecule has 1 aromatic heterocycles. The Hall–Kier alpha value is -1.71. The fraction of sp³-hybridized carbons (Fsp3) is 0.682. The minimum Gasteiger partial charge on any atom is -0.295 e. The first-order valence-electron chi connectivity index (χ1n) is 10.5. The molecule has 0 aliphatic carbocycles. The maximum absolute atomic E-state index is 11.7. The number of nitrogens with one attached hydrogen (secondary N) is 1. The zero-order valence-corrected chi connectivity index (χ0v) is 16.6. The number of unbranched alkanes of at least 4 members (excludes halogenated alkanes) is 11. The van der Waals surface area contributed by atoms with Gasteiger partial charge in [-0.2, -0.15) is 0 Å². The Balaban J connectivity index is 1.83. The lowest BCUT2D eigenvalue weighted by Gasteiger charge is -2.03. The Morgan fingerprint density at radius 3 is 2.00 bits per heavy atom. The normalized spacial score (nSPS) is 11.1. The van der Waals surface area contributed by atoms with Gasteiger partial charge in [-0.1, -0.05) is 70.4 Å². The van der Waals surface area contributed by atoms with Gasteiger partial charge in [-0.15, -0.1) is 0 Å². The van der Waals surface area contributed by atoms with Crippen molar-refractivity contribution in [2.45, 2.75) is 96.8 Å². The van der Waals surface area contributed by atoms with E-state index in [4.69, 9.17) is 0 Å². The zero-order valence-electron chi connectivity index (χ0n) is 16.6. The van der Waals surface area contributed by atoms with Crippen LogP contribution in [0.2, 0.25) is 0 Å². The summed E-state index contributed by atoms with van der Waals surface area (Å²) in [6.45, 7) is 2.26. The van der Waals surface area contributed by atoms with Crippen LogP contribution in [0.25, 0.3) is 0 Å². The fourth-order valence-electron chi connectivity index (χ4n) is 2.91. The summed E-state index contributed by atoms with van der Waals surface area (Å²) >= 11 is 0. The number of nitrogens with zero attached hydrogens (tertiary/aromatic N) is 2. The van der Waals surface area contributed by atoms with Gasteiger partial charge < -0.3 is 0 Å². The van der Waals surface area contributed by atoms with E-state index in [1.54, 1.807) is 18.5 Å². The Morgan fingerprint density at radius 1 is 0.846 bits per heavy atom. The van der Waals surface area contributed by atoms with Crippen LogP contribution in [0.1, 0.15) is 96.8 Å². The van der Waals surface area contributed by atoms with Crippen molar-refractivity contribution in [1.82, 2.24) is 9.97 Å². The van der Waals surface area contributed by atoms with E-state index in [0.717, 1.165) is 12.8 Å². The second-order valence-corrected chi connectivity index (χ2v) is 6.95. The summed E-state index contributed by atoms with van der Waals surface area (Å²) in [6, 6.07) is 1.74. The van der Waals surface area contributed by atoms with Crippen LogP contribution in [0.5, 0.6) is 0 Å². The van der Waals surface area contributed by atoms with E-state index in [1.165, 1.54) is 70.6 Å². The Bertz CT molecular complexity index is 474.